The fourth-order valence-corrected chi connectivity index (χ4v) is 1.95. The van der Waals surface area contributed by atoms with Gasteiger partial charge in [0.1, 0.15) is 0 Å². The molecule has 1 rings (SSSR count). The van der Waals surface area contributed by atoms with Gasteiger partial charge in [-0.15, -0.1) is 6.58 Å². The molecule has 4 heteroatoms. The summed E-state index contributed by atoms with van der Waals surface area (Å²) in [6.07, 6.45) is 6.71. The van der Waals surface area contributed by atoms with Crippen LogP contribution in [0.4, 0.5) is 0 Å². The molecule has 1 aromatic heterocycles. The Labute approximate surface area is 98.9 Å². The van der Waals surface area contributed by atoms with Crippen molar-refractivity contribution in [2.75, 3.05) is 0 Å². The smallest absolute Gasteiger partial charge is 0.0728 e. The lowest BCUT2D eigenvalue weighted by molar-refractivity contribution is 0.488. The van der Waals surface area contributed by atoms with Gasteiger partial charge in [0.25, 0.3) is 0 Å². The minimum Gasteiger partial charge on any atom is -0.271 e. The topological polar surface area (TPSA) is 50.9 Å². The number of nitrogens with two attached hydrogens (primary N) is 1. The zero-order valence-electron chi connectivity index (χ0n) is 8.62. The van der Waals surface area contributed by atoms with E-state index in [-0.39, 0.29) is 6.04 Å². The van der Waals surface area contributed by atoms with E-state index in [9.17, 15) is 0 Å². The van der Waals surface area contributed by atoms with Crippen LogP contribution in [-0.4, -0.2) is 4.98 Å². The maximum absolute atomic E-state index is 5.52. The third kappa shape index (κ3) is 3.74. The summed E-state index contributed by atoms with van der Waals surface area (Å²) < 4.78 is 0.992. The van der Waals surface area contributed by atoms with Crippen molar-refractivity contribution < 1.29 is 0 Å². The van der Waals surface area contributed by atoms with Crippen molar-refractivity contribution in [3.8, 4) is 0 Å². The summed E-state index contributed by atoms with van der Waals surface area (Å²) in [5.74, 6) is 5.52. The molecule has 0 fully saturated rings. The van der Waals surface area contributed by atoms with Crippen LogP contribution in [0.5, 0.6) is 0 Å². The Balaban J connectivity index is 2.65. The third-order valence-electron chi connectivity index (χ3n) is 2.22. The molecule has 1 unspecified atom stereocenters. The molecule has 0 saturated heterocycles. The Morgan fingerprint density at radius 3 is 3.07 bits per heavy atom. The zero-order chi connectivity index (χ0) is 11.1. The van der Waals surface area contributed by atoms with Crippen molar-refractivity contribution in [3.63, 3.8) is 0 Å². The van der Waals surface area contributed by atoms with E-state index in [2.05, 4.69) is 32.9 Å². The van der Waals surface area contributed by atoms with E-state index >= 15 is 0 Å². The summed E-state index contributed by atoms with van der Waals surface area (Å²) in [6, 6.07) is 3.96. The predicted octanol–water partition coefficient (Wildman–Crippen LogP) is 2.70. The van der Waals surface area contributed by atoms with Gasteiger partial charge in [0.2, 0.25) is 0 Å². The van der Waals surface area contributed by atoms with Crippen molar-refractivity contribution in [2.24, 2.45) is 5.84 Å². The van der Waals surface area contributed by atoms with Crippen LogP contribution in [0.15, 0.2) is 35.5 Å². The highest BCUT2D eigenvalue weighted by atomic mass is 79.9. The number of halogens is 1. The van der Waals surface area contributed by atoms with Crippen LogP contribution in [0.3, 0.4) is 0 Å². The quantitative estimate of drug-likeness (QED) is 0.361. The lowest BCUT2D eigenvalue weighted by Crippen LogP contribution is -2.28. The predicted molar refractivity (Wildman–Crippen MR) is 66.0 cm³/mol. The summed E-state index contributed by atoms with van der Waals surface area (Å²) in [5, 5.41) is 0. The molecule has 1 heterocycles. The van der Waals surface area contributed by atoms with Gasteiger partial charge in [0, 0.05) is 10.7 Å². The maximum Gasteiger partial charge on any atom is 0.0728 e. The number of nitrogens with one attached hydrogen (secondary N) is 1. The summed E-state index contributed by atoms with van der Waals surface area (Å²) in [7, 11) is 0. The Bertz CT molecular complexity index is 314. The minimum absolute atomic E-state index is 0.0977. The van der Waals surface area contributed by atoms with Crippen LogP contribution >= 0.6 is 15.9 Å². The summed E-state index contributed by atoms with van der Waals surface area (Å²) in [4.78, 5) is 4.31. The molecule has 1 atom stereocenters. The molecule has 0 aromatic carbocycles. The standard InChI is InChI=1S/C11H16BrN3/c1-2-3-4-7-10(15-13)11-9(12)6-5-8-14-11/h2,5-6,8,10,15H,1,3-4,7,13H2. The third-order valence-corrected chi connectivity index (χ3v) is 2.89. The fourth-order valence-electron chi connectivity index (χ4n) is 1.42. The largest absolute Gasteiger partial charge is 0.271 e. The number of rotatable bonds is 6. The lowest BCUT2D eigenvalue weighted by atomic mass is 10.1. The number of hydrogen-bond donors (Lipinski definition) is 2. The van der Waals surface area contributed by atoms with Crippen LogP contribution < -0.4 is 11.3 Å². The molecule has 1 aromatic rings. The van der Waals surface area contributed by atoms with Gasteiger partial charge in [-0.1, -0.05) is 6.08 Å². The number of pyridine rings is 1. The molecule has 0 spiro atoms. The molecule has 3 N–H and O–H groups in total. The van der Waals surface area contributed by atoms with E-state index in [1.165, 1.54) is 0 Å². The molecule has 0 bridgehead atoms. The van der Waals surface area contributed by atoms with Gasteiger partial charge in [-0.25, -0.2) is 0 Å². The second kappa shape index (κ2) is 6.71. The molecule has 0 aliphatic heterocycles. The van der Waals surface area contributed by atoms with Crippen molar-refractivity contribution in [2.45, 2.75) is 25.3 Å². The van der Waals surface area contributed by atoms with E-state index in [4.69, 9.17) is 5.84 Å². The number of allylic oxidation sites excluding steroid dienone is 1. The average molecular weight is 270 g/mol. The Hall–Kier alpha value is -0.710. The number of aromatic nitrogens is 1. The first-order valence-electron chi connectivity index (χ1n) is 4.97. The first kappa shape index (κ1) is 12.4. The zero-order valence-corrected chi connectivity index (χ0v) is 10.2. The summed E-state index contributed by atoms with van der Waals surface area (Å²) in [6.45, 7) is 3.70. The Kier molecular flexibility index (Phi) is 5.53. The van der Waals surface area contributed by atoms with Crippen molar-refractivity contribution >= 4 is 15.9 Å². The van der Waals surface area contributed by atoms with Gasteiger partial charge in [0.15, 0.2) is 0 Å². The van der Waals surface area contributed by atoms with Crippen molar-refractivity contribution in [3.05, 3.63) is 41.2 Å². The second-order valence-corrected chi connectivity index (χ2v) is 4.16. The van der Waals surface area contributed by atoms with Crippen LogP contribution in [0.25, 0.3) is 0 Å². The summed E-state index contributed by atoms with van der Waals surface area (Å²) in [5.41, 5.74) is 3.75. The van der Waals surface area contributed by atoms with Crippen LogP contribution in [0.2, 0.25) is 0 Å². The minimum atomic E-state index is 0.0977. The molecule has 0 saturated carbocycles. The summed E-state index contributed by atoms with van der Waals surface area (Å²) >= 11 is 3.47. The van der Waals surface area contributed by atoms with E-state index in [1.54, 1.807) is 6.20 Å². The van der Waals surface area contributed by atoms with Crippen molar-refractivity contribution in [1.82, 2.24) is 10.4 Å². The van der Waals surface area contributed by atoms with Gasteiger partial charge >= 0.3 is 0 Å². The highest BCUT2D eigenvalue weighted by Crippen LogP contribution is 2.23. The van der Waals surface area contributed by atoms with E-state index in [1.807, 2.05) is 18.2 Å². The molecular weight excluding hydrogens is 254 g/mol. The van der Waals surface area contributed by atoms with Gasteiger partial charge < -0.3 is 0 Å². The van der Waals surface area contributed by atoms with Crippen LogP contribution in [0, 0.1) is 0 Å². The normalized spacial score (nSPS) is 12.4. The molecule has 15 heavy (non-hydrogen) atoms. The molecule has 3 nitrogen and oxygen atoms in total. The maximum atomic E-state index is 5.52. The van der Waals surface area contributed by atoms with Gasteiger partial charge in [-0.2, -0.15) is 0 Å². The number of nitrogens with zero attached hydrogens (tertiary/aromatic N) is 1. The molecule has 0 aliphatic carbocycles. The monoisotopic (exact) mass is 269 g/mol. The van der Waals surface area contributed by atoms with E-state index in [0.717, 1.165) is 29.4 Å². The molecular formula is C11H16BrN3. The Morgan fingerprint density at radius 2 is 2.47 bits per heavy atom. The lowest BCUT2D eigenvalue weighted by Gasteiger charge is -2.15. The highest BCUT2D eigenvalue weighted by molar-refractivity contribution is 9.10. The van der Waals surface area contributed by atoms with Crippen LogP contribution in [-0.2, 0) is 0 Å². The fraction of sp³-hybridized carbons (Fsp3) is 0.364. The average Bonchev–Trinajstić information content (AvgIpc) is 2.26. The number of hydrogen-bond acceptors (Lipinski definition) is 3. The van der Waals surface area contributed by atoms with Gasteiger partial charge in [-0.3, -0.25) is 16.3 Å². The highest BCUT2D eigenvalue weighted by Gasteiger charge is 2.13. The first-order chi connectivity index (χ1) is 7.29. The number of hydrazine groups is 1. The second-order valence-electron chi connectivity index (χ2n) is 3.31. The molecule has 0 radical (unpaired) electrons. The molecule has 0 aliphatic rings. The first-order valence-corrected chi connectivity index (χ1v) is 5.76. The van der Waals surface area contributed by atoms with Gasteiger partial charge in [-0.05, 0) is 47.3 Å². The molecule has 0 amide bonds. The van der Waals surface area contributed by atoms with E-state index in [0.29, 0.717) is 0 Å². The van der Waals surface area contributed by atoms with Gasteiger partial charge in [0.05, 0.1) is 11.7 Å². The van der Waals surface area contributed by atoms with Crippen molar-refractivity contribution in [1.29, 1.82) is 0 Å². The van der Waals surface area contributed by atoms with E-state index < -0.39 is 0 Å². The SMILES string of the molecule is C=CCCCC(NN)c1ncccc1Br. The molecule has 82 valence electrons. The van der Waals surface area contributed by atoms with Crippen LogP contribution in [0.1, 0.15) is 31.0 Å². The Morgan fingerprint density at radius 1 is 1.67 bits per heavy atom. The number of unbranched alkanes of at least 4 members (excludes halogenated alkanes) is 1.